The zero-order valence-corrected chi connectivity index (χ0v) is 13.1. The van der Waals surface area contributed by atoms with Crippen LogP contribution in [-0.2, 0) is 16.6 Å². The summed E-state index contributed by atoms with van der Waals surface area (Å²) in [6, 6.07) is 6.59. The Balaban J connectivity index is 2.12. The van der Waals surface area contributed by atoms with E-state index in [0.717, 1.165) is 23.4 Å². The van der Waals surface area contributed by atoms with Gasteiger partial charge in [0.2, 0.25) is 0 Å². The van der Waals surface area contributed by atoms with E-state index in [2.05, 4.69) is 15.0 Å². The van der Waals surface area contributed by atoms with Crippen molar-refractivity contribution in [3.8, 4) is 0 Å². The van der Waals surface area contributed by atoms with Gasteiger partial charge in [0.25, 0.3) is 10.0 Å². The highest BCUT2D eigenvalue weighted by molar-refractivity contribution is 7.89. The summed E-state index contributed by atoms with van der Waals surface area (Å²) in [5, 5.41) is 8.06. The van der Waals surface area contributed by atoms with E-state index < -0.39 is 10.0 Å². The molecule has 1 aromatic heterocycles. The first-order valence-electron chi connectivity index (χ1n) is 6.58. The van der Waals surface area contributed by atoms with Crippen LogP contribution in [0.25, 0.3) is 0 Å². The van der Waals surface area contributed by atoms with E-state index >= 15 is 0 Å². The van der Waals surface area contributed by atoms with Gasteiger partial charge in [0.1, 0.15) is 0 Å². The van der Waals surface area contributed by atoms with Gasteiger partial charge >= 0.3 is 0 Å². The van der Waals surface area contributed by atoms with Gasteiger partial charge in [-0.25, -0.2) is 4.83 Å². The second-order valence-corrected chi connectivity index (χ2v) is 6.35. The second kappa shape index (κ2) is 6.09. The van der Waals surface area contributed by atoms with Gasteiger partial charge in [-0.1, -0.05) is 17.7 Å². The molecule has 0 aliphatic rings. The Labute approximate surface area is 124 Å². The number of hydrazone groups is 1. The first-order chi connectivity index (χ1) is 9.92. The number of nitrogens with zero attached hydrogens (tertiary/aromatic N) is 3. The lowest BCUT2D eigenvalue weighted by molar-refractivity contribution is 0.584. The number of hydrogen-bond acceptors (Lipinski definition) is 4. The highest BCUT2D eigenvalue weighted by Gasteiger charge is 2.11. The molecule has 0 bridgehead atoms. The van der Waals surface area contributed by atoms with Gasteiger partial charge in [-0.15, -0.1) is 0 Å². The van der Waals surface area contributed by atoms with Crippen LogP contribution in [0, 0.1) is 13.8 Å². The van der Waals surface area contributed by atoms with Gasteiger partial charge in [0.15, 0.2) is 0 Å². The van der Waals surface area contributed by atoms with Crippen molar-refractivity contribution in [2.75, 3.05) is 0 Å². The average molecular weight is 306 g/mol. The second-order valence-electron chi connectivity index (χ2n) is 4.69. The normalized spacial score (nSPS) is 12.0. The summed E-state index contributed by atoms with van der Waals surface area (Å²) >= 11 is 0. The molecule has 0 saturated carbocycles. The topological polar surface area (TPSA) is 76.3 Å². The van der Waals surface area contributed by atoms with Crippen LogP contribution >= 0.6 is 0 Å². The van der Waals surface area contributed by atoms with Crippen LogP contribution in [0.3, 0.4) is 0 Å². The molecule has 0 fully saturated rings. The lowest BCUT2D eigenvalue weighted by atomic mass is 10.2. The standard InChI is InChI=1S/C14H18N4O2S/c1-4-18-10-13(12(3)16-18)9-15-17-21(19,20)14-7-5-11(2)6-8-14/h5-10,17H,4H2,1-3H3/b15-9-. The van der Waals surface area contributed by atoms with Crippen molar-refractivity contribution in [1.82, 2.24) is 14.6 Å². The minimum absolute atomic E-state index is 0.186. The monoisotopic (exact) mass is 306 g/mol. The largest absolute Gasteiger partial charge is 0.276 e. The van der Waals surface area contributed by atoms with Crippen LogP contribution in [0.1, 0.15) is 23.7 Å². The van der Waals surface area contributed by atoms with Crippen molar-refractivity contribution >= 4 is 16.2 Å². The van der Waals surface area contributed by atoms with Crippen LogP contribution in [0.15, 0.2) is 40.5 Å². The minimum atomic E-state index is -3.63. The highest BCUT2D eigenvalue weighted by Crippen LogP contribution is 2.09. The molecule has 0 saturated heterocycles. The zero-order chi connectivity index (χ0) is 15.5. The third-order valence-corrected chi connectivity index (χ3v) is 4.25. The molecule has 0 aliphatic carbocycles. The van der Waals surface area contributed by atoms with E-state index in [1.165, 1.54) is 6.21 Å². The van der Waals surface area contributed by atoms with Crippen molar-refractivity contribution in [3.05, 3.63) is 47.3 Å². The summed E-state index contributed by atoms with van der Waals surface area (Å²) in [6.07, 6.45) is 3.28. The Hall–Kier alpha value is -2.15. The maximum Gasteiger partial charge on any atom is 0.276 e. The molecule has 6 nitrogen and oxygen atoms in total. The first kappa shape index (κ1) is 15.2. The van der Waals surface area contributed by atoms with E-state index in [1.54, 1.807) is 28.9 Å². The van der Waals surface area contributed by atoms with Crippen LogP contribution in [0.2, 0.25) is 0 Å². The van der Waals surface area contributed by atoms with Crippen LogP contribution in [-0.4, -0.2) is 24.4 Å². The summed E-state index contributed by atoms with van der Waals surface area (Å²) in [6.45, 7) is 6.48. The molecule has 0 atom stereocenters. The molecule has 1 N–H and O–H groups in total. The van der Waals surface area contributed by atoms with E-state index in [4.69, 9.17) is 0 Å². The predicted molar refractivity (Wildman–Crippen MR) is 81.7 cm³/mol. The maximum atomic E-state index is 12.0. The van der Waals surface area contributed by atoms with E-state index in [0.29, 0.717) is 0 Å². The Morgan fingerprint density at radius 1 is 1.29 bits per heavy atom. The fourth-order valence-electron chi connectivity index (χ4n) is 1.76. The van der Waals surface area contributed by atoms with E-state index in [1.807, 2.05) is 27.0 Å². The van der Waals surface area contributed by atoms with Gasteiger partial charge in [-0.05, 0) is 32.9 Å². The Bertz CT molecular complexity index is 746. The number of benzene rings is 1. The number of nitrogens with one attached hydrogen (secondary N) is 1. The quantitative estimate of drug-likeness (QED) is 0.676. The fraction of sp³-hybridized carbons (Fsp3) is 0.286. The van der Waals surface area contributed by atoms with Gasteiger partial charge in [-0.2, -0.15) is 18.6 Å². The summed E-state index contributed by atoms with van der Waals surface area (Å²) in [5.74, 6) is 0. The molecule has 0 aliphatic heterocycles. The SMILES string of the molecule is CCn1cc(/C=N\NS(=O)(=O)c2ccc(C)cc2)c(C)n1. The molecule has 1 heterocycles. The molecule has 2 rings (SSSR count). The molecular weight excluding hydrogens is 288 g/mol. The molecule has 1 aromatic carbocycles. The smallest absolute Gasteiger partial charge is 0.272 e. The third-order valence-electron chi connectivity index (χ3n) is 3.02. The van der Waals surface area contributed by atoms with Crippen molar-refractivity contribution in [2.24, 2.45) is 5.10 Å². The molecule has 7 heteroatoms. The molecule has 112 valence electrons. The summed E-state index contributed by atoms with van der Waals surface area (Å²) in [5.41, 5.74) is 2.58. The molecule has 0 spiro atoms. The van der Waals surface area contributed by atoms with Gasteiger partial charge in [0, 0.05) is 18.3 Å². The minimum Gasteiger partial charge on any atom is -0.272 e. The van der Waals surface area contributed by atoms with Crippen molar-refractivity contribution < 1.29 is 8.42 Å². The Morgan fingerprint density at radius 3 is 2.52 bits per heavy atom. The van der Waals surface area contributed by atoms with Crippen molar-refractivity contribution in [2.45, 2.75) is 32.2 Å². The average Bonchev–Trinajstić information content (AvgIpc) is 2.80. The zero-order valence-electron chi connectivity index (χ0n) is 12.2. The molecule has 0 amide bonds. The Morgan fingerprint density at radius 2 is 1.95 bits per heavy atom. The maximum absolute atomic E-state index is 12.0. The fourth-order valence-corrected chi connectivity index (χ4v) is 2.55. The number of aryl methyl sites for hydroxylation is 3. The highest BCUT2D eigenvalue weighted by atomic mass is 32.2. The summed E-state index contributed by atoms with van der Waals surface area (Å²) < 4.78 is 25.8. The van der Waals surface area contributed by atoms with Crippen LogP contribution < -0.4 is 4.83 Å². The summed E-state index contributed by atoms with van der Waals surface area (Å²) in [4.78, 5) is 2.39. The number of rotatable bonds is 5. The Kier molecular flexibility index (Phi) is 4.42. The third kappa shape index (κ3) is 3.69. The first-order valence-corrected chi connectivity index (χ1v) is 8.06. The lowest BCUT2D eigenvalue weighted by Crippen LogP contribution is -2.18. The van der Waals surface area contributed by atoms with Gasteiger partial charge < -0.3 is 0 Å². The van der Waals surface area contributed by atoms with E-state index in [-0.39, 0.29) is 4.90 Å². The lowest BCUT2D eigenvalue weighted by Gasteiger charge is -2.03. The van der Waals surface area contributed by atoms with Crippen LogP contribution in [0.5, 0.6) is 0 Å². The van der Waals surface area contributed by atoms with E-state index in [9.17, 15) is 8.42 Å². The summed E-state index contributed by atoms with van der Waals surface area (Å²) in [7, 11) is -3.63. The molecule has 2 aromatic rings. The molecular formula is C14H18N4O2S. The van der Waals surface area contributed by atoms with Gasteiger partial charge in [-0.3, -0.25) is 4.68 Å². The molecule has 21 heavy (non-hydrogen) atoms. The number of sulfonamides is 1. The van der Waals surface area contributed by atoms with Crippen molar-refractivity contribution in [3.63, 3.8) is 0 Å². The number of hydrogen-bond donors (Lipinski definition) is 1. The van der Waals surface area contributed by atoms with Gasteiger partial charge in [0.05, 0.1) is 16.8 Å². The predicted octanol–water partition coefficient (Wildman–Crippen LogP) is 1.83. The molecule has 0 unspecified atom stereocenters. The molecule has 0 radical (unpaired) electrons. The number of aromatic nitrogens is 2. The van der Waals surface area contributed by atoms with Crippen molar-refractivity contribution in [1.29, 1.82) is 0 Å². The van der Waals surface area contributed by atoms with Crippen LogP contribution in [0.4, 0.5) is 0 Å².